The van der Waals surface area contributed by atoms with Gasteiger partial charge in [-0.25, -0.2) is 9.48 Å². The number of carbonyl (C=O) groups excluding carboxylic acids is 1. The molecule has 1 saturated carbocycles. The molecule has 2 aliphatic rings. The van der Waals surface area contributed by atoms with Gasteiger partial charge >= 0.3 is 12.0 Å². The maximum atomic E-state index is 13.3. The Morgan fingerprint density at radius 2 is 1.80 bits per heavy atom. The number of hydrogen-bond donors (Lipinski definition) is 3. The van der Waals surface area contributed by atoms with Crippen LogP contribution in [0.25, 0.3) is 11.8 Å². The monoisotopic (exact) mass is 540 g/mol. The first-order valence-corrected chi connectivity index (χ1v) is 14.6. The lowest BCUT2D eigenvalue weighted by atomic mass is 9.72. The number of fused-ring (bicyclic) bond motifs is 1. The number of nitrogens with one attached hydrogen (secondary N) is 2. The molecule has 0 unspecified atom stereocenters. The molecule has 7 nitrogen and oxygen atoms in total. The van der Waals surface area contributed by atoms with Crippen molar-refractivity contribution in [2.75, 3.05) is 10.6 Å². The molecule has 1 fully saturated rings. The van der Waals surface area contributed by atoms with Crippen molar-refractivity contribution >= 4 is 29.6 Å². The average molecular weight is 541 g/mol. The molecule has 0 saturated heterocycles. The second-order valence-electron chi connectivity index (χ2n) is 11.7. The maximum absolute atomic E-state index is 13.3. The van der Waals surface area contributed by atoms with Crippen molar-refractivity contribution in [2.24, 2.45) is 5.92 Å². The third kappa shape index (κ3) is 6.30. The van der Waals surface area contributed by atoms with Gasteiger partial charge in [-0.05, 0) is 67.3 Å². The standard InChI is InChI=1S/C33H40N4O3/c1-33(2,25-14-5-3-4-6-15-25)29-22-30(37(36-29)26-16-9-11-23(21-26)19-20-31(38)39)35-32(40)34-28-18-10-13-24-12-7-8-17-27(24)28/h8-11,13,16-18,21-22,25H,3-7,12,14-15,19-20H2,1-2H3,(H,38,39)(H2,34,35,40). The predicted octanol–water partition coefficient (Wildman–Crippen LogP) is 7.74. The van der Waals surface area contributed by atoms with Crippen LogP contribution in [0.1, 0.15) is 87.6 Å². The summed E-state index contributed by atoms with van der Waals surface area (Å²) in [7, 11) is 0. The summed E-state index contributed by atoms with van der Waals surface area (Å²) in [6, 6.07) is 15.4. The number of urea groups is 1. The van der Waals surface area contributed by atoms with Gasteiger partial charge < -0.3 is 10.4 Å². The van der Waals surface area contributed by atoms with Gasteiger partial charge in [0, 0.05) is 29.2 Å². The second-order valence-corrected chi connectivity index (χ2v) is 11.7. The summed E-state index contributed by atoms with van der Waals surface area (Å²) in [6.45, 7) is 4.54. The van der Waals surface area contributed by atoms with Crippen LogP contribution in [-0.2, 0) is 23.1 Å². The van der Waals surface area contributed by atoms with Crippen LogP contribution in [-0.4, -0.2) is 26.9 Å². The van der Waals surface area contributed by atoms with Gasteiger partial charge in [0.05, 0.1) is 11.4 Å². The van der Waals surface area contributed by atoms with E-state index in [2.05, 4.69) is 42.7 Å². The van der Waals surface area contributed by atoms with Gasteiger partial charge in [0.25, 0.3) is 0 Å². The largest absolute Gasteiger partial charge is 0.481 e. The zero-order valence-electron chi connectivity index (χ0n) is 23.6. The van der Waals surface area contributed by atoms with E-state index in [0.717, 1.165) is 41.0 Å². The Bertz CT molecular complexity index is 1400. The topological polar surface area (TPSA) is 96.2 Å². The Balaban J connectivity index is 1.46. The number of hydrogen-bond acceptors (Lipinski definition) is 3. The quantitative estimate of drug-likeness (QED) is 0.255. The molecule has 2 aliphatic carbocycles. The highest BCUT2D eigenvalue weighted by molar-refractivity contribution is 6.01. The number of rotatable bonds is 8. The summed E-state index contributed by atoms with van der Waals surface area (Å²) >= 11 is 0. The Hall–Kier alpha value is -3.87. The van der Waals surface area contributed by atoms with Crippen LogP contribution in [0.2, 0.25) is 0 Å². The summed E-state index contributed by atoms with van der Waals surface area (Å²) in [6.07, 6.45) is 14.1. The van der Waals surface area contributed by atoms with E-state index in [-0.39, 0.29) is 17.9 Å². The molecule has 1 aromatic heterocycles. The van der Waals surface area contributed by atoms with Crippen LogP contribution in [0.3, 0.4) is 0 Å². The molecule has 0 bridgehead atoms. The van der Waals surface area contributed by atoms with Gasteiger partial charge in [0.1, 0.15) is 5.82 Å². The van der Waals surface area contributed by atoms with Gasteiger partial charge in [0.15, 0.2) is 0 Å². The summed E-state index contributed by atoms with van der Waals surface area (Å²) in [4.78, 5) is 24.5. The summed E-state index contributed by atoms with van der Waals surface area (Å²) in [5.74, 6) is 0.281. The van der Waals surface area contributed by atoms with Crippen molar-refractivity contribution in [3.8, 4) is 5.69 Å². The first-order valence-electron chi connectivity index (χ1n) is 14.6. The van der Waals surface area contributed by atoms with Crippen molar-refractivity contribution in [3.63, 3.8) is 0 Å². The van der Waals surface area contributed by atoms with Gasteiger partial charge in [0.2, 0.25) is 0 Å². The van der Waals surface area contributed by atoms with Gasteiger partial charge in [-0.15, -0.1) is 0 Å². The number of aryl methyl sites for hydroxylation is 2. The first kappa shape index (κ1) is 27.7. The molecule has 2 aromatic carbocycles. The van der Waals surface area contributed by atoms with Gasteiger partial charge in [-0.3, -0.25) is 10.1 Å². The van der Waals surface area contributed by atoms with E-state index in [9.17, 15) is 9.59 Å². The molecule has 1 heterocycles. The molecule has 3 N–H and O–H groups in total. The fourth-order valence-corrected chi connectivity index (χ4v) is 6.13. The van der Waals surface area contributed by atoms with Crippen LogP contribution in [0.4, 0.5) is 16.3 Å². The maximum Gasteiger partial charge on any atom is 0.324 e. The summed E-state index contributed by atoms with van der Waals surface area (Å²) in [5.41, 5.74) is 5.57. The molecule has 0 spiro atoms. The molecule has 40 heavy (non-hydrogen) atoms. The predicted molar refractivity (Wildman–Crippen MR) is 160 cm³/mol. The number of carbonyl (C=O) groups is 2. The average Bonchev–Trinajstić information content (AvgIpc) is 3.17. The number of benzene rings is 2. The summed E-state index contributed by atoms with van der Waals surface area (Å²) in [5, 5.41) is 20.4. The molecular formula is C33H40N4O3. The molecule has 7 heteroatoms. The van der Waals surface area contributed by atoms with Gasteiger partial charge in [-0.1, -0.05) is 75.9 Å². The molecule has 3 aromatic rings. The van der Waals surface area contributed by atoms with E-state index >= 15 is 0 Å². The van der Waals surface area contributed by atoms with E-state index in [4.69, 9.17) is 10.2 Å². The van der Waals surface area contributed by atoms with Crippen LogP contribution in [0.15, 0.2) is 54.6 Å². The SMILES string of the molecule is CC(C)(c1cc(NC(=O)Nc2cccc3c2C=CCC3)n(-c2cccc(CCC(=O)O)c2)n1)C1CCCCCC1. The molecule has 2 amide bonds. The lowest BCUT2D eigenvalue weighted by Crippen LogP contribution is -2.29. The number of nitrogens with zero attached hydrogens (tertiary/aromatic N) is 2. The third-order valence-corrected chi connectivity index (χ3v) is 8.58. The number of carboxylic acid groups (broad SMARTS) is 1. The fourth-order valence-electron chi connectivity index (χ4n) is 6.13. The molecular weight excluding hydrogens is 500 g/mol. The smallest absolute Gasteiger partial charge is 0.324 e. The molecule has 210 valence electrons. The number of aliphatic carboxylic acids is 1. The number of allylic oxidation sites excluding steroid dienone is 1. The molecule has 0 aliphatic heterocycles. The number of aromatic nitrogens is 2. The Labute approximate surface area is 236 Å². The van der Waals surface area contributed by atoms with Crippen LogP contribution < -0.4 is 10.6 Å². The lowest BCUT2D eigenvalue weighted by molar-refractivity contribution is -0.136. The Morgan fingerprint density at radius 3 is 2.58 bits per heavy atom. The van der Waals surface area contributed by atoms with Crippen molar-refractivity contribution in [3.05, 3.63) is 77.0 Å². The number of anilines is 2. The molecule has 0 atom stereocenters. The van der Waals surface area contributed by atoms with E-state index in [1.54, 1.807) is 4.68 Å². The first-order chi connectivity index (χ1) is 19.3. The van der Waals surface area contributed by atoms with E-state index in [1.165, 1.54) is 44.1 Å². The Morgan fingerprint density at radius 1 is 1.02 bits per heavy atom. The molecule has 5 rings (SSSR count). The normalized spacial score (nSPS) is 15.8. The number of amides is 2. The second kappa shape index (κ2) is 12.1. The van der Waals surface area contributed by atoms with E-state index < -0.39 is 5.97 Å². The Kier molecular flexibility index (Phi) is 8.38. The highest BCUT2D eigenvalue weighted by atomic mass is 16.4. The minimum absolute atomic E-state index is 0.0614. The minimum Gasteiger partial charge on any atom is -0.481 e. The van der Waals surface area contributed by atoms with E-state index in [0.29, 0.717) is 18.2 Å². The summed E-state index contributed by atoms with van der Waals surface area (Å²) < 4.78 is 1.79. The minimum atomic E-state index is -0.825. The highest BCUT2D eigenvalue weighted by Gasteiger charge is 2.34. The highest BCUT2D eigenvalue weighted by Crippen LogP contribution is 2.40. The van der Waals surface area contributed by atoms with Crippen LogP contribution >= 0.6 is 0 Å². The third-order valence-electron chi connectivity index (χ3n) is 8.58. The molecule has 0 radical (unpaired) electrons. The van der Waals surface area contributed by atoms with Crippen molar-refractivity contribution in [2.45, 2.75) is 83.5 Å². The number of carboxylic acids is 1. The zero-order chi connectivity index (χ0) is 28.1. The fraction of sp³-hybridized carbons (Fsp3) is 0.424. The van der Waals surface area contributed by atoms with Crippen molar-refractivity contribution in [1.29, 1.82) is 0 Å². The van der Waals surface area contributed by atoms with Crippen molar-refractivity contribution < 1.29 is 14.7 Å². The van der Waals surface area contributed by atoms with Crippen molar-refractivity contribution in [1.82, 2.24) is 9.78 Å². The van der Waals surface area contributed by atoms with Gasteiger partial charge in [-0.2, -0.15) is 5.10 Å². The van der Waals surface area contributed by atoms with Crippen LogP contribution in [0, 0.1) is 5.92 Å². The lowest BCUT2D eigenvalue weighted by Gasteiger charge is -2.32. The van der Waals surface area contributed by atoms with Crippen LogP contribution in [0.5, 0.6) is 0 Å². The zero-order valence-corrected chi connectivity index (χ0v) is 23.6. The van der Waals surface area contributed by atoms with E-state index in [1.807, 2.05) is 42.5 Å².